The Morgan fingerprint density at radius 3 is 1.94 bits per heavy atom. The fraction of sp³-hybridized carbons (Fsp3) is 0.250. The van der Waals surface area contributed by atoms with Crippen LogP contribution in [0.2, 0.25) is 0 Å². The van der Waals surface area contributed by atoms with Gasteiger partial charge in [-0.1, -0.05) is 36.4 Å². The van der Waals surface area contributed by atoms with E-state index in [4.69, 9.17) is 18.9 Å². The summed E-state index contributed by atoms with van der Waals surface area (Å²) in [5, 5.41) is 0. The van der Waals surface area contributed by atoms with Gasteiger partial charge in [-0.3, -0.25) is 14.4 Å². The molecule has 0 bridgehead atoms. The molecule has 1 amide bonds. The Morgan fingerprint density at radius 1 is 0.778 bits per heavy atom. The van der Waals surface area contributed by atoms with Gasteiger partial charge in [-0.15, -0.1) is 0 Å². The van der Waals surface area contributed by atoms with Gasteiger partial charge in [0.05, 0.1) is 44.5 Å². The summed E-state index contributed by atoms with van der Waals surface area (Å²) in [4.78, 5) is 39.1. The minimum atomic E-state index is -0.541. The summed E-state index contributed by atoms with van der Waals surface area (Å²) in [6.07, 6.45) is 0. The highest BCUT2D eigenvalue weighted by molar-refractivity contribution is 6.07. The number of amides is 1. The molecule has 1 saturated heterocycles. The van der Waals surface area contributed by atoms with Crippen molar-refractivity contribution < 1.29 is 33.3 Å². The lowest BCUT2D eigenvalue weighted by Crippen LogP contribution is -2.53. The molecule has 0 aliphatic carbocycles. The fourth-order valence-corrected chi connectivity index (χ4v) is 4.56. The van der Waals surface area contributed by atoms with Gasteiger partial charge in [-0.05, 0) is 30.2 Å². The predicted molar refractivity (Wildman–Crippen MR) is 133 cm³/mol. The minimum Gasteiger partial charge on any atom is -0.493 e. The van der Waals surface area contributed by atoms with Crippen molar-refractivity contribution in [3.05, 3.63) is 77.4 Å². The Kier molecular flexibility index (Phi) is 6.96. The van der Waals surface area contributed by atoms with Crippen molar-refractivity contribution in [3.8, 4) is 23.0 Å². The first-order valence-corrected chi connectivity index (χ1v) is 11.3. The molecule has 2 atom stereocenters. The van der Waals surface area contributed by atoms with E-state index in [1.807, 2.05) is 30.3 Å². The van der Waals surface area contributed by atoms with Crippen LogP contribution in [-0.2, 0) is 9.59 Å². The molecule has 0 radical (unpaired) electrons. The van der Waals surface area contributed by atoms with E-state index < -0.39 is 17.9 Å². The van der Waals surface area contributed by atoms with Crippen molar-refractivity contribution in [1.82, 2.24) is 0 Å². The molecular formula is C28H27NO7. The molecule has 8 nitrogen and oxygen atoms in total. The van der Waals surface area contributed by atoms with Gasteiger partial charge in [0, 0.05) is 19.1 Å². The third kappa shape index (κ3) is 4.37. The molecule has 0 aromatic heterocycles. The van der Waals surface area contributed by atoms with Crippen molar-refractivity contribution in [2.75, 3.05) is 26.2 Å². The van der Waals surface area contributed by atoms with Crippen LogP contribution in [0.3, 0.4) is 0 Å². The third-order valence-electron chi connectivity index (χ3n) is 6.16. The molecule has 1 heterocycles. The van der Waals surface area contributed by atoms with E-state index >= 15 is 0 Å². The third-order valence-corrected chi connectivity index (χ3v) is 6.16. The zero-order valence-electron chi connectivity index (χ0n) is 20.7. The van der Waals surface area contributed by atoms with E-state index in [1.54, 1.807) is 35.2 Å². The Balaban J connectivity index is 1.88. The molecule has 3 aromatic carbocycles. The Morgan fingerprint density at radius 2 is 1.42 bits per heavy atom. The zero-order valence-corrected chi connectivity index (χ0v) is 20.7. The quantitative estimate of drug-likeness (QED) is 0.196. The first-order chi connectivity index (χ1) is 17.3. The number of nitrogens with zero attached hydrogens (tertiary/aromatic N) is 1. The summed E-state index contributed by atoms with van der Waals surface area (Å²) in [5.74, 6) is 0.00956. The number of hydrogen-bond donors (Lipinski definition) is 0. The van der Waals surface area contributed by atoms with Crippen LogP contribution in [0.5, 0.6) is 23.0 Å². The van der Waals surface area contributed by atoms with E-state index in [1.165, 1.54) is 35.2 Å². The number of carbonyl (C=O) groups is 3. The second-order valence-corrected chi connectivity index (χ2v) is 8.33. The number of ether oxygens (including phenoxy) is 4. The number of benzene rings is 3. The SMILES string of the molecule is COc1cc(N2C(=O)C(c3ccccc3)[C@@H]2c2ccc(C(C)=O)c(OC(C)=O)c2)cc(OC)c1OC. The normalized spacial score (nSPS) is 16.7. The molecule has 0 spiro atoms. The summed E-state index contributed by atoms with van der Waals surface area (Å²) in [6, 6.07) is 17.5. The van der Waals surface area contributed by atoms with Gasteiger partial charge in [-0.2, -0.15) is 0 Å². The molecule has 1 fully saturated rings. The number of Topliss-reactive ketones (excluding diaryl/α,β-unsaturated/α-hetero) is 1. The predicted octanol–water partition coefficient (Wildman–Crippen LogP) is 4.71. The zero-order chi connectivity index (χ0) is 26.0. The second kappa shape index (κ2) is 10.1. The number of carbonyl (C=O) groups excluding carboxylic acids is 3. The molecular weight excluding hydrogens is 462 g/mol. The van der Waals surface area contributed by atoms with Crippen molar-refractivity contribution in [2.45, 2.75) is 25.8 Å². The van der Waals surface area contributed by atoms with Crippen LogP contribution in [0.25, 0.3) is 0 Å². The topological polar surface area (TPSA) is 91.4 Å². The van der Waals surface area contributed by atoms with Gasteiger partial charge in [0.1, 0.15) is 5.75 Å². The number of anilines is 1. The molecule has 186 valence electrons. The van der Waals surface area contributed by atoms with E-state index in [9.17, 15) is 14.4 Å². The van der Waals surface area contributed by atoms with Crippen molar-refractivity contribution in [1.29, 1.82) is 0 Å². The Bertz CT molecular complexity index is 1290. The maximum atomic E-state index is 13.6. The number of rotatable bonds is 8. The van der Waals surface area contributed by atoms with Gasteiger partial charge >= 0.3 is 5.97 Å². The lowest BCUT2D eigenvalue weighted by Gasteiger charge is -2.48. The van der Waals surface area contributed by atoms with Crippen LogP contribution in [0.4, 0.5) is 5.69 Å². The second-order valence-electron chi connectivity index (χ2n) is 8.33. The van der Waals surface area contributed by atoms with Crippen molar-refractivity contribution in [2.24, 2.45) is 0 Å². The average Bonchev–Trinajstić information content (AvgIpc) is 2.86. The summed E-state index contributed by atoms with van der Waals surface area (Å²) in [5.41, 5.74) is 2.39. The number of hydrogen-bond acceptors (Lipinski definition) is 7. The van der Waals surface area contributed by atoms with Crippen LogP contribution in [-0.4, -0.2) is 39.0 Å². The molecule has 0 saturated carbocycles. The van der Waals surface area contributed by atoms with Crippen LogP contribution < -0.4 is 23.8 Å². The molecule has 36 heavy (non-hydrogen) atoms. The van der Waals surface area contributed by atoms with Crippen molar-refractivity contribution >= 4 is 23.3 Å². The Hall–Kier alpha value is -4.33. The van der Waals surface area contributed by atoms with E-state index in [2.05, 4.69) is 0 Å². The van der Waals surface area contributed by atoms with E-state index in [-0.39, 0.29) is 23.0 Å². The van der Waals surface area contributed by atoms with E-state index in [0.29, 0.717) is 28.5 Å². The van der Waals surface area contributed by atoms with Crippen LogP contribution >= 0.6 is 0 Å². The summed E-state index contributed by atoms with van der Waals surface area (Å²) in [7, 11) is 4.53. The molecule has 0 N–H and O–H groups in total. The van der Waals surface area contributed by atoms with Gasteiger partial charge < -0.3 is 23.8 Å². The van der Waals surface area contributed by atoms with Crippen molar-refractivity contribution in [3.63, 3.8) is 0 Å². The molecule has 1 unspecified atom stereocenters. The Labute approximate surface area is 209 Å². The number of β-lactam (4-membered cyclic amide) rings is 1. The average molecular weight is 490 g/mol. The summed E-state index contributed by atoms with van der Waals surface area (Å²) in [6.45, 7) is 2.68. The lowest BCUT2D eigenvalue weighted by molar-refractivity contribution is -0.132. The van der Waals surface area contributed by atoms with E-state index in [0.717, 1.165) is 5.56 Å². The number of esters is 1. The number of ketones is 1. The van der Waals surface area contributed by atoms with Crippen LogP contribution in [0.15, 0.2) is 60.7 Å². The largest absolute Gasteiger partial charge is 0.493 e. The van der Waals surface area contributed by atoms with Gasteiger partial charge in [-0.25, -0.2) is 0 Å². The lowest BCUT2D eigenvalue weighted by atomic mass is 9.77. The van der Waals surface area contributed by atoms with Gasteiger partial charge in [0.25, 0.3) is 0 Å². The minimum absolute atomic E-state index is 0.120. The molecule has 8 heteroatoms. The molecule has 1 aliphatic rings. The first kappa shape index (κ1) is 24.8. The van der Waals surface area contributed by atoms with Crippen LogP contribution in [0.1, 0.15) is 47.3 Å². The summed E-state index contributed by atoms with van der Waals surface area (Å²) < 4.78 is 21.8. The number of methoxy groups -OCH3 is 3. The molecule has 4 rings (SSSR count). The smallest absolute Gasteiger partial charge is 0.308 e. The molecule has 3 aromatic rings. The van der Waals surface area contributed by atoms with Gasteiger partial charge in [0.2, 0.25) is 11.7 Å². The standard InChI is InChI=1S/C28H27NO7/c1-16(30)21-12-11-19(13-22(21)36-17(2)31)26-25(18-9-7-6-8-10-18)28(32)29(26)20-14-23(33-3)27(35-5)24(15-20)34-4/h6-15,25-26H,1-5H3/t25?,26-/m0/s1. The summed E-state index contributed by atoms with van der Waals surface area (Å²) >= 11 is 0. The monoisotopic (exact) mass is 489 g/mol. The first-order valence-electron chi connectivity index (χ1n) is 11.3. The maximum Gasteiger partial charge on any atom is 0.308 e. The van der Waals surface area contributed by atoms with Crippen LogP contribution in [0, 0.1) is 0 Å². The van der Waals surface area contributed by atoms with Gasteiger partial charge in [0.15, 0.2) is 17.3 Å². The highest BCUT2D eigenvalue weighted by Gasteiger charge is 2.50. The molecule has 1 aliphatic heterocycles. The highest BCUT2D eigenvalue weighted by Crippen LogP contribution is 2.52. The fourth-order valence-electron chi connectivity index (χ4n) is 4.56. The maximum absolute atomic E-state index is 13.6. The highest BCUT2D eigenvalue weighted by atomic mass is 16.5.